The van der Waals surface area contributed by atoms with Gasteiger partial charge in [-0.1, -0.05) is 0 Å². The summed E-state index contributed by atoms with van der Waals surface area (Å²) >= 11 is 0. The second-order valence-corrected chi connectivity index (χ2v) is 6.93. The fourth-order valence-electron chi connectivity index (χ4n) is 3.83. The van der Waals surface area contributed by atoms with Gasteiger partial charge < -0.3 is 9.64 Å². The van der Waals surface area contributed by atoms with E-state index in [-0.39, 0.29) is 17.6 Å². The second kappa shape index (κ2) is 6.57. The third-order valence-corrected chi connectivity index (χ3v) is 5.33. The van der Waals surface area contributed by atoms with E-state index in [0.717, 1.165) is 23.3 Å². The Hall–Kier alpha value is -3.09. The fraction of sp³-hybridized carbons (Fsp3) is 0.350. The maximum Gasteiger partial charge on any atom is 0.330 e. The first-order chi connectivity index (χ1) is 13.0. The average molecular weight is 366 g/mol. The van der Waals surface area contributed by atoms with E-state index in [0.29, 0.717) is 24.3 Å². The van der Waals surface area contributed by atoms with Crippen LogP contribution in [-0.2, 0) is 7.05 Å². The topological polar surface area (TPSA) is 69.4 Å². The number of imidazole rings is 1. The first-order valence-corrected chi connectivity index (χ1v) is 8.97. The molecule has 0 aliphatic carbocycles. The summed E-state index contributed by atoms with van der Waals surface area (Å²) in [4.78, 5) is 31.9. The summed E-state index contributed by atoms with van der Waals surface area (Å²) in [6.07, 6.45) is 2.42. The van der Waals surface area contributed by atoms with Crippen molar-refractivity contribution < 1.29 is 9.53 Å². The van der Waals surface area contributed by atoms with Crippen molar-refractivity contribution in [2.24, 2.45) is 7.05 Å². The number of hydrogen-bond donors (Lipinski definition) is 0. The van der Waals surface area contributed by atoms with Gasteiger partial charge in [0.25, 0.3) is 5.91 Å². The number of methoxy groups -OCH3 is 1. The van der Waals surface area contributed by atoms with Crippen molar-refractivity contribution >= 4 is 17.1 Å². The fourth-order valence-corrected chi connectivity index (χ4v) is 3.83. The summed E-state index contributed by atoms with van der Waals surface area (Å²) in [6, 6.07) is 9.10. The lowest BCUT2D eigenvalue weighted by Crippen LogP contribution is -2.32. The predicted octanol–water partition coefficient (Wildman–Crippen LogP) is 2.14. The summed E-state index contributed by atoms with van der Waals surface area (Å²) in [6.45, 7) is 3.02. The molecule has 0 spiro atoms. The Morgan fingerprint density at radius 3 is 2.85 bits per heavy atom. The maximum atomic E-state index is 13.0. The van der Waals surface area contributed by atoms with Gasteiger partial charge in [0, 0.05) is 31.9 Å². The van der Waals surface area contributed by atoms with Crippen molar-refractivity contribution in [1.82, 2.24) is 19.0 Å². The van der Waals surface area contributed by atoms with E-state index in [1.54, 1.807) is 41.6 Å². The van der Waals surface area contributed by atoms with Crippen LogP contribution in [-0.4, -0.2) is 45.1 Å². The Bertz CT molecular complexity index is 1080. The molecule has 27 heavy (non-hydrogen) atoms. The third-order valence-electron chi connectivity index (χ3n) is 5.33. The zero-order valence-corrected chi connectivity index (χ0v) is 15.7. The van der Waals surface area contributed by atoms with Crippen molar-refractivity contribution in [3.8, 4) is 5.75 Å². The number of amides is 1. The number of benzene rings is 1. The number of fused-ring (bicyclic) bond motifs is 1. The van der Waals surface area contributed by atoms with Crippen LogP contribution in [0.1, 0.15) is 28.4 Å². The predicted molar refractivity (Wildman–Crippen MR) is 102 cm³/mol. The van der Waals surface area contributed by atoms with Crippen LogP contribution in [0.4, 0.5) is 0 Å². The van der Waals surface area contributed by atoms with Crippen molar-refractivity contribution in [3.63, 3.8) is 0 Å². The summed E-state index contributed by atoms with van der Waals surface area (Å²) in [5.74, 6) is 0.718. The maximum absolute atomic E-state index is 13.0. The number of hydrogen-bond acceptors (Lipinski definition) is 4. The zero-order valence-electron chi connectivity index (χ0n) is 15.7. The minimum Gasteiger partial charge on any atom is -0.497 e. The molecule has 7 heteroatoms. The first kappa shape index (κ1) is 17.3. The molecule has 1 atom stereocenters. The number of ether oxygens (including phenoxy) is 1. The second-order valence-electron chi connectivity index (χ2n) is 6.93. The lowest BCUT2D eigenvalue weighted by atomic mass is 10.1. The molecule has 1 unspecified atom stereocenters. The zero-order chi connectivity index (χ0) is 19.1. The molecule has 1 fully saturated rings. The minimum absolute atomic E-state index is 0.0149. The van der Waals surface area contributed by atoms with Crippen LogP contribution in [0, 0.1) is 6.92 Å². The van der Waals surface area contributed by atoms with E-state index in [4.69, 9.17) is 4.74 Å². The molecule has 0 bridgehead atoms. The standard InChI is InChI=1S/C20H22N4O3/c1-13-11-15(27-3)6-7-16(13)19(25)23-10-8-14(12-23)24-18-17(5-4-9-21-18)22(2)20(24)26/h4-7,9,11,14H,8,10,12H2,1-3H3. The number of likely N-dealkylation sites (tertiary alicyclic amines) is 1. The van der Waals surface area contributed by atoms with Crippen LogP contribution in [0.15, 0.2) is 41.3 Å². The largest absolute Gasteiger partial charge is 0.497 e. The third kappa shape index (κ3) is 2.79. The molecule has 1 aliphatic heterocycles. The number of aryl methyl sites for hydroxylation is 2. The highest BCUT2D eigenvalue weighted by Gasteiger charge is 2.31. The van der Waals surface area contributed by atoms with Gasteiger partial charge in [0.05, 0.1) is 18.7 Å². The number of pyridine rings is 1. The van der Waals surface area contributed by atoms with E-state index in [1.165, 1.54) is 0 Å². The molecule has 1 amide bonds. The van der Waals surface area contributed by atoms with Gasteiger partial charge in [0.15, 0.2) is 5.65 Å². The highest BCUT2D eigenvalue weighted by molar-refractivity contribution is 5.96. The van der Waals surface area contributed by atoms with E-state index in [9.17, 15) is 9.59 Å². The summed E-state index contributed by atoms with van der Waals surface area (Å²) in [5, 5.41) is 0. The molecule has 1 aromatic carbocycles. The van der Waals surface area contributed by atoms with E-state index >= 15 is 0 Å². The summed E-state index contributed by atoms with van der Waals surface area (Å²) < 4.78 is 8.55. The number of rotatable bonds is 3. The summed E-state index contributed by atoms with van der Waals surface area (Å²) in [5.41, 5.74) is 2.93. The quantitative estimate of drug-likeness (QED) is 0.712. The van der Waals surface area contributed by atoms with Gasteiger partial charge in [-0.05, 0) is 49.2 Å². The van der Waals surface area contributed by atoms with Gasteiger partial charge in [0.2, 0.25) is 0 Å². The molecule has 1 aliphatic rings. The monoisotopic (exact) mass is 366 g/mol. The van der Waals surface area contributed by atoms with Gasteiger partial charge in [-0.2, -0.15) is 0 Å². The molecular formula is C20H22N4O3. The smallest absolute Gasteiger partial charge is 0.330 e. The van der Waals surface area contributed by atoms with Crippen molar-refractivity contribution in [1.29, 1.82) is 0 Å². The van der Waals surface area contributed by atoms with Gasteiger partial charge >= 0.3 is 5.69 Å². The average Bonchev–Trinajstić information content (AvgIpc) is 3.25. The van der Waals surface area contributed by atoms with E-state index < -0.39 is 0 Å². The minimum atomic E-state index is -0.0939. The van der Waals surface area contributed by atoms with Crippen LogP contribution in [0.25, 0.3) is 11.2 Å². The van der Waals surface area contributed by atoms with Gasteiger partial charge in [-0.25, -0.2) is 9.78 Å². The molecule has 0 saturated carbocycles. The lowest BCUT2D eigenvalue weighted by Gasteiger charge is -2.18. The summed E-state index contributed by atoms with van der Waals surface area (Å²) in [7, 11) is 3.36. The van der Waals surface area contributed by atoms with Crippen LogP contribution in [0.3, 0.4) is 0 Å². The van der Waals surface area contributed by atoms with Crippen LogP contribution in [0.2, 0.25) is 0 Å². The number of carbonyl (C=O) groups excluding carboxylic acids is 1. The van der Waals surface area contributed by atoms with E-state index in [2.05, 4.69) is 4.98 Å². The van der Waals surface area contributed by atoms with Gasteiger partial charge in [-0.15, -0.1) is 0 Å². The molecule has 3 heterocycles. The van der Waals surface area contributed by atoms with Gasteiger partial charge in [-0.3, -0.25) is 13.9 Å². The number of carbonyl (C=O) groups is 1. The molecule has 0 radical (unpaired) electrons. The molecular weight excluding hydrogens is 344 g/mol. The lowest BCUT2D eigenvalue weighted by molar-refractivity contribution is 0.0787. The van der Waals surface area contributed by atoms with Crippen LogP contribution < -0.4 is 10.4 Å². The highest BCUT2D eigenvalue weighted by Crippen LogP contribution is 2.26. The normalized spacial score (nSPS) is 16.9. The molecule has 140 valence electrons. The molecule has 0 N–H and O–H groups in total. The van der Waals surface area contributed by atoms with Crippen LogP contribution >= 0.6 is 0 Å². The number of nitrogens with zero attached hydrogens (tertiary/aromatic N) is 4. The van der Waals surface area contributed by atoms with E-state index in [1.807, 2.05) is 30.0 Å². The Kier molecular flexibility index (Phi) is 4.22. The SMILES string of the molecule is COc1ccc(C(=O)N2CCC(n3c(=O)n(C)c4cccnc43)C2)c(C)c1. The molecule has 7 nitrogen and oxygen atoms in total. The Labute approximate surface area is 156 Å². The highest BCUT2D eigenvalue weighted by atomic mass is 16.5. The Balaban J connectivity index is 1.62. The molecule has 1 saturated heterocycles. The van der Waals surface area contributed by atoms with Crippen LogP contribution in [0.5, 0.6) is 5.75 Å². The number of aromatic nitrogens is 3. The van der Waals surface area contributed by atoms with Crippen molar-refractivity contribution in [2.45, 2.75) is 19.4 Å². The Morgan fingerprint density at radius 1 is 1.30 bits per heavy atom. The van der Waals surface area contributed by atoms with Gasteiger partial charge in [0.1, 0.15) is 5.75 Å². The first-order valence-electron chi connectivity index (χ1n) is 8.97. The molecule has 4 rings (SSSR count). The van der Waals surface area contributed by atoms with Crippen molar-refractivity contribution in [2.75, 3.05) is 20.2 Å². The van der Waals surface area contributed by atoms with Crippen molar-refractivity contribution in [3.05, 3.63) is 58.1 Å². The Morgan fingerprint density at radius 2 is 2.11 bits per heavy atom. The molecule has 3 aromatic rings. The molecule has 2 aromatic heterocycles.